The number of methoxy groups -OCH3 is 1. The van der Waals surface area contributed by atoms with E-state index in [9.17, 15) is 9.90 Å². The van der Waals surface area contributed by atoms with Gasteiger partial charge in [-0.3, -0.25) is 9.88 Å². The first kappa shape index (κ1) is 14.0. The summed E-state index contributed by atoms with van der Waals surface area (Å²) in [5.41, 5.74) is 0.776. The van der Waals surface area contributed by atoms with Crippen LogP contribution in [0.5, 0.6) is 0 Å². The molecule has 1 fully saturated rings. The van der Waals surface area contributed by atoms with Crippen molar-refractivity contribution >= 4 is 5.97 Å². The van der Waals surface area contributed by atoms with Gasteiger partial charge in [0.05, 0.1) is 24.0 Å². The van der Waals surface area contributed by atoms with Crippen molar-refractivity contribution in [1.29, 1.82) is 0 Å². The number of carbonyl (C=O) groups excluding carboxylic acids is 1. The van der Waals surface area contributed by atoms with Crippen LogP contribution in [0.1, 0.15) is 29.9 Å². The molecule has 104 valence electrons. The lowest BCUT2D eigenvalue weighted by molar-refractivity contribution is -0.131. The first-order chi connectivity index (χ1) is 8.94. The molecule has 2 heterocycles. The van der Waals surface area contributed by atoms with Crippen molar-refractivity contribution in [3.05, 3.63) is 29.6 Å². The van der Waals surface area contributed by atoms with Crippen LogP contribution >= 0.6 is 0 Å². The zero-order valence-electron chi connectivity index (χ0n) is 11.6. The molecule has 0 bridgehead atoms. The lowest BCUT2D eigenvalue weighted by atomic mass is 9.83. The van der Waals surface area contributed by atoms with Crippen molar-refractivity contribution in [3.63, 3.8) is 0 Å². The lowest BCUT2D eigenvalue weighted by Gasteiger charge is -2.49. The van der Waals surface area contributed by atoms with Gasteiger partial charge in [-0.05, 0) is 18.1 Å². The van der Waals surface area contributed by atoms with E-state index in [4.69, 9.17) is 0 Å². The summed E-state index contributed by atoms with van der Waals surface area (Å²) in [4.78, 5) is 17.6. The number of aromatic nitrogens is 1. The number of likely N-dealkylation sites (tertiary alicyclic amines) is 1. The van der Waals surface area contributed by atoms with Crippen LogP contribution in [0.25, 0.3) is 0 Å². The Balaban J connectivity index is 1.90. The number of hydrogen-bond acceptors (Lipinski definition) is 5. The minimum Gasteiger partial charge on any atom is -0.465 e. The monoisotopic (exact) mass is 264 g/mol. The standard InChI is InChI=1S/C14H20N2O3/c1-10(2)14(18)8-16(9-14)7-12-5-4-11(6-15-12)13(17)19-3/h4-6,10,18H,7-9H2,1-3H3. The number of esters is 1. The average Bonchev–Trinajstić information content (AvgIpc) is 2.36. The van der Waals surface area contributed by atoms with Gasteiger partial charge in [0.1, 0.15) is 0 Å². The predicted molar refractivity (Wildman–Crippen MR) is 70.6 cm³/mol. The molecule has 19 heavy (non-hydrogen) atoms. The van der Waals surface area contributed by atoms with E-state index in [0.29, 0.717) is 25.2 Å². The molecule has 1 N–H and O–H groups in total. The second kappa shape index (κ2) is 5.27. The Morgan fingerprint density at radius 1 is 1.53 bits per heavy atom. The normalized spacial score (nSPS) is 18.2. The van der Waals surface area contributed by atoms with Crippen LogP contribution in [0.3, 0.4) is 0 Å². The number of ether oxygens (including phenoxy) is 1. The lowest BCUT2D eigenvalue weighted by Crippen LogP contribution is -2.63. The van der Waals surface area contributed by atoms with Gasteiger partial charge in [-0.25, -0.2) is 4.79 Å². The van der Waals surface area contributed by atoms with Gasteiger partial charge in [0, 0.05) is 25.8 Å². The quantitative estimate of drug-likeness (QED) is 0.824. The van der Waals surface area contributed by atoms with E-state index in [1.165, 1.54) is 13.3 Å². The van der Waals surface area contributed by atoms with Crippen LogP contribution in [-0.4, -0.2) is 46.8 Å². The fraction of sp³-hybridized carbons (Fsp3) is 0.571. The Morgan fingerprint density at radius 3 is 2.68 bits per heavy atom. The van der Waals surface area contributed by atoms with Crippen molar-refractivity contribution in [2.45, 2.75) is 26.0 Å². The van der Waals surface area contributed by atoms with Gasteiger partial charge in [-0.2, -0.15) is 0 Å². The molecule has 2 rings (SSSR count). The number of carbonyl (C=O) groups is 1. The summed E-state index contributed by atoms with van der Waals surface area (Å²) in [5, 5.41) is 10.2. The second-order valence-corrected chi connectivity index (χ2v) is 5.43. The number of hydrogen-bond donors (Lipinski definition) is 1. The van der Waals surface area contributed by atoms with Crippen molar-refractivity contribution in [1.82, 2.24) is 9.88 Å². The number of nitrogens with zero attached hydrogens (tertiary/aromatic N) is 2. The molecule has 1 aromatic rings. The van der Waals surface area contributed by atoms with E-state index < -0.39 is 5.60 Å². The maximum absolute atomic E-state index is 11.3. The van der Waals surface area contributed by atoms with Crippen LogP contribution < -0.4 is 0 Å². The number of rotatable bonds is 4. The van der Waals surface area contributed by atoms with Gasteiger partial charge < -0.3 is 9.84 Å². The summed E-state index contributed by atoms with van der Waals surface area (Å²) in [6.45, 7) is 6.09. The summed E-state index contributed by atoms with van der Waals surface area (Å²) in [6, 6.07) is 3.53. The predicted octanol–water partition coefficient (Wildman–Crippen LogP) is 1.07. The van der Waals surface area contributed by atoms with Crippen LogP contribution in [-0.2, 0) is 11.3 Å². The number of pyridine rings is 1. The molecule has 0 amide bonds. The van der Waals surface area contributed by atoms with Gasteiger partial charge in [-0.1, -0.05) is 13.8 Å². The minimum absolute atomic E-state index is 0.262. The molecule has 0 atom stereocenters. The van der Waals surface area contributed by atoms with Gasteiger partial charge in [0.25, 0.3) is 0 Å². The molecule has 1 aromatic heterocycles. The highest BCUT2D eigenvalue weighted by atomic mass is 16.5. The van der Waals surface area contributed by atoms with Crippen LogP contribution in [0, 0.1) is 5.92 Å². The largest absolute Gasteiger partial charge is 0.465 e. The van der Waals surface area contributed by atoms with E-state index in [1.54, 1.807) is 6.07 Å². The Kier molecular flexibility index (Phi) is 3.87. The summed E-state index contributed by atoms with van der Waals surface area (Å²) in [5.74, 6) is -0.115. The van der Waals surface area contributed by atoms with E-state index in [2.05, 4.69) is 14.6 Å². The van der Waals surface area contributed by atoms with Crippen LogP contribution in [0.4, 0.5) is 0 Å². The molecular weight excluding hydrogens is 244 g/mol. The third-order valence-corrected chi connectivity index (χ3v) is 3.70. The average molecular weight is 264 g/mol. The Labute approximate surface area is 113 Å². The third kappa shape index (κ3) is 2.93. The fourth-order valence-corrected chi connectivity index (χ4v) is 2.19. The zero-order valence-corrected chi connectivity index (χ0v) is 11.6. The second-order valence-electron chi connectivity index (χ2n) is 5.43. The number of aliphatic hydroxyl groups is 1. The van der Waals surface area contributed by atoms with Crippen LogP contribution in [0.15, 0.2) is 18.3 Å². The molecule has 0 spiro atoms. The molecule has 1 saturated heterocycles. The number of β-amino-alcohol motifs (C(OH)–C–C–N with tert-alkyl or cyclic N) is 1. The maximum atomic E-state index is 11.3. The van der Waals surface area contributed by atoms with E-state index >= 15 is 0 Å². The Bertz CT molecular complexity index is 450. The zero-order chi connectivity index (χ0) is 14.0. The molecule has 0 aromatic carbocycles. The molecule has 5 nitrogen and oxygen atoms in total. The highest BCUT2D eigenvalue weighted by Gasteiger charge is 2.43. The van der Waals surface area contributed by atoms with E-state index in [-0.39, 0.29) is 11.9 Å². The molecule has 0 unspecified atom stereocenters. The molecule has 5 heteroatoms. The van der Waals surface area contributed by atoms with Gasteiger partial charge >= 0.3 is 5.97 Å². The summed E-state index contributed by atoms with van der Waals surface area (Å²) in [7, 11) is 1.35. The van der Waals surface area contributed by atoms with E-state index in [1.807, 2.05) is 19.9 Å². The fourth-order valence-electron chi connectivity index (χ4n) is 2.19. The van der Waals surface area contributed by atoms with Gasteiger partial charge in [0.2, 0.25) is 0 Å². The van der Waals surface area contributed by atoms with Gasteiger partial charge in [-0.15, -0.1) is 0 Å². The van der Waals surface area contributed by atoms with Crippen molar-refractivity contribution in [3.8, 4) is 0 Å². The summed E-state index contributed by atoms with van der Waals surface area (Å²) in [6.07, 6.45) is 1.52. The first-order valence-corrected chi connectivity index (χ1v) is 6.42. The molecular formula is C14H20N2O3. The maximum Gasteiger partial charge on any atom is 0.339 e. The highest BCUT2D eigenvalue weighted by molar-refractivity contribution is 5.88. The van der Waals surface area contributed by atoms with E-state index in [0.717, 1.165) is 5.69 Å². The summed E-state index contributed by atoms with van der Waals surface area (Å²) < 4.78 is 4.62. The molecule has 0 saturated carbocycles. The minimum atomic E-state index is -0.564. The molecule has 0 radical (unpaired) electrons. The summed E-state index contributed by atoms with van der Waals surface area (Å²) >= 11 is 0. The van der Waals surface area contributed by atoms with Crippen molar-refractivity contribution in [2.75, 3.05) is 20.2 Å². The molecule has 0 aliphatic carbocycles. The third-order valence-electron chi connectivity index (χ3n) is 3.70. The topological polar surface area (TPSA) is 62.7 Å². The smallest absolute Gasteiger partial charge is 0.339 e. The Hall–Kier alpha value is -1.46. The first-order valence-electron chi connectivity index (χ1n) is 6.42. The van der Waals surface area contributed by atoms with Crippen LogP contribution in [0.2, 0.25) is 0 Å². The van der Waals surface area contributed by atoms with Gasteiger partial charge in [0.15, 0.2) is 0 Å². The highest BCUT2D eigenvalue weighted by Crippen LogP contribution is 2.29. The Morgan fingerprint density at radius 2 is 2.21 bits per heavy atom. The molecule has 1 aliphatic rings. The van der Waals surface area contributed by atoms with Crippen molar-refractivity contribution < 1.29 is 14.6 Å². The van der Waals surface area contributed by atoms with Crippen molar-refractivity contribution in [2.24, 2.45) is 5.92 Å². The SMILES string of the molecule is COC(=O)c1ccc(CN2CC(O)(C(C)C)C2)nc1. The molecule has 1 aliphatic heterocycles.